The van der Waals surface area contributed by atoms with Gasteiger partial charge in [0.2, 0.25) is 0 Å². The minimum Gasteiger partial charge on any atom is -0.493 e. The van der Waals surface area contributed by atoms with Crippen molar-refractivity contribution >= 4 is 11.6 Å². The van der Waals surface area contributed by atoms with Gasteiger partial charge in [0.1, 0.15) is 16.7 Å². The van der Waals surface area contributed by atoms with E-state index in [1.165, 1.54) is 17.7 Å². The second kappa shape index (κ2) is 8.33. The van der Waals surface area contributed by atoms with E-state index in [9.17, 15) is 4.39 Å². The summed E-state index contributed by atoms with van der Waals surface area (Å²) in [5, 5.41) is 8.68. The molecular formula is C22H23ClFN3O. The van der Waals surface area contributed by atoms with Crippen LogP contribution in [-0.4, -0.2) is 22.9 Å². The van der Waals surface area contributed by atoms with Gasteiger partial charge >= 0.3 is 0 Å². The lowest BCUT2D eigenvalue weighted by molar-refractivity contribution is 0.218. The van der Waals surface area contributed by atoms with Crippen molar-refractivity contribution in [3.63, 3.8) is 0 Å². The highest BCUT2D eigenvalue weighted by molar-refractivity contribution is 6.30. The summed E-state index contributed by atoms with van der Waals surface area (Å²) in [6.07, 6.45) is 1.01. The monoisotopic (exact) mass is 399 g/mol. The van der Waals surface area contributed by atoms with E-state index in [0.717, 1.165) is 42.1 Å². The fraction of sp³-hybridized carbons (Fsp3) is 0.318. The highest BCUT2D eigenvalue weighted by Crippen LogP contribution is 2.27. The highest BCUT2D eigenvalue weighted by atomic mass is 35.5. The number of nitrogens with one attached hydrogen (secondary N) is 1. The molecular weight excluding hydrogens is 377 g/mol. The Bertz CT molecular complexity index is 955. The molecule has 4 rings (SSSR count). The smallest absolute Gasteiger partial charge is 0.132 e. The first-order chi connectivity index (χ1) is 13.6. The summed E-state index contributed by atoms with van der Waals surface area (Å²) < 4.78 is 20.7. The van der Waals surface area contributed by atoms with Crippen molar-refractivity contribution in [2.45, 2.75) is 26.4 Å². The highest BCUT2D eigenvalue weighted by Gasteiger charge is 2.20. The number of hydrogen-bond acceptors (Lipinski definition) is 3. The lowest BCUT2D eigenvalue weighted by Gasteiger charge is -2.25. The molecule has 0 radical (unpaired) electrons. The third-order valence-electron chi connectivity index (χ3n) is 5.12. The van der Waals surface area contributed by atoms with Crippen molar-refractivity contribution < 1.29 is 9.13 Å². The maximum absolute atomic E-state index is 13.1. The number of benzene rings is 2. The molecule has 0 aliphatic carbocycles. The quantitative estimate of drug-likeness (QED) is 0.668. The van der Waals surface area contributed by atoms with Gasteiger partial charge in [0, 0.05) is 24.6 Å². The van der Waals surface area contributed by atoms with E-state index in [-0.39, 0.29) is 5.82 Å². The second-order valence-electron chi connectivity index (χ2n) is 7.26. The molecule has 28 heavy (non-hydrogen) atoms. The Labute approximate surface area is 169 Å². The van der Waals surface area contributed by atoms with Crippen LogP contribution in [0.15, 0.2) is 48.5 Å². The number of para-hydroxylation sites is 1. The lowest BCUT2D eigenvalue weighted by atomic mass is 9.97. The third-order valence-corrected chi connectivity index (χ3v) is 5.54. The SMILES string of the molecule is Cc1nn(Cc2ccc(F)cc2)c(Cl)c1CNCC1COc2ccccc2C1. The Balaban J connectivity index is 1.35. The first-order valence-corrected chi connectivity index (χ1v) is 9.85. The molecule has 146 valence electrons. The summed E-state index contributed by atoms with van der Waals surface area (Å²) >= 11 is 6.56. The lowest BCUT2D eigenvalue weighted by Crippen LogP contribution is -2.31. The summed E-state index contributed by atoms with van der Waals surface area (Å²) in [5.74, 6) is 1.19. The number of fused-ring (bicyclic) bond motifs is 1. The number of hydrogen-bond donors (Lipinski definition) is 1. The maximum Gasteiger partial charge on any atom is 0.132 e. The molecule has 1 aromatic heterocycles. The van der Waals surface area contributed by atoms with Crippen LogP contribution in [-0.2, 0) is 19.5 Å². The van der Waals surface area contributed by atoms with Crippen molar-refractivity contribution in [3.05, 3.63) is 81.9 Å². The number of rotatable bonds is 6. The second-order valence-corrected chi connectivity index (χ2v) is 7.62. The van der Waals surface area contributed by atoms with E-state index in [0.29, 0.717) is 24.2 Å². The number of nitrogens with zero attached hydrogens (tertiary/aromatic N) is 2. The number of halogens is 2. The van der Waals surface area contributed by atoms with Crippen LogP contribution < -0.4 is 10.1 Å². The summed E-state index contributed by atoms with van der Waals surface area (Å²) in [4.78, 5) is 0. The van der Waals surface area contributed by atoms with Gasteiger partial charge in [0.15, 0.2) is 0 Å². The average Bonchev–Trinajstić information content (AvgIpc) is 2.97. The molecule has 1 aliphatic rings. The molecule has 0 saturated carbocycles. The van der Waals surface area contributed by atoms with Crippen LogP contribution in [0.4, 0.5) is 4.39 Å². The van der Waals surface area contributed by atoms with Crippen molar-refractivity contribution in [2.24, 2.45) is 5.92 Å². The summed E-state index contributed by atoms with van der Waals surface area (Å²) in [6, 6.07) is 14.6. The van der Waals surface area contributed by atoms with Crippen LogP contribution in [0.3, 0.4) is 0 Å². The Hall–Kier alpha value is -2.37. The minimum absolute atomic E-state index is 0.245. The number of aromatic nitrogens is 2. The van der Waals surface area contributed by atoms with E-state index >= 15 is 0 Å². The van der Waals surface area contributed by atoms with Crippen molar-refractivity contribution in [3.8, 4) is 5.75 Å². The zero-order valence-electron chi connectivity index (χ0n) is 15.8. The Morgan fingerprint density at radius 1 is 1.21 bits per heavy atom. The molecule has 3 aromatic rings. The molecule has 0 saturated heterocycles. The van der Waals surface area contributed by atoms with Crippen molar-refractivity contribution in [1.82, 2.24) is 15.1 Å². The van der Waals surface area contributed by atoms with Gasteiger partial charge in [-0.3, -0.25) is 0 Å². The summed E-state index contributed by atoms with van der Waals surface area (Å²) in [6.45, 7) is 4.72. The van der Waals surface area contributed by atoms with E-state index in [4.69, 9.17) is 16.3 Å². The van der Waals surface area contributed by atoms with Gasteiger partial charge < -0.3 is 10.1 Å². The normalized spacial score (nSPS) is 15.9. The van der Waals surface area contributed by atoms with Crippen molar-refractivity contribution in [2.75, 3.05) is 13.2 Å². The summed E-state index contributed by atoms with van der Waals surface area (Å²) in [7, 11) is 0. The van der Waals surface area contributed by atoms with E-state index in [1.807, 2.05) is 19.1 Å². The van der Waals surface area contributed by atoms with Crippen LogP contribution in [0.1, 0.15) is 22.4 Å². The van der Waals surface area contributed by atoms with Gasteiger partial charge in [-0.15, -0.1) is 0 Å². The first kappa shape index (κ1) is 19.0. The molecule has 1 atom stereocenters. The molecule has 6 heteroatoms. The van der Waals surface area contributed by atoms with Gasteiger partial charge in [0.25, 0.3) is 0 Å². The van der Waals surface area contributed by atoms with Gasteiger partial charge in [-0.2, -0.15) is 5.10 Å². The molecule has 0 spiro atoms. The summed E-state index contributed by atoms with van der Waals surface area (Å²) in [5.41, 5.74) is 4.14. The molecule has 0 amide bonds. The third kappa shape index (κ3) is 4.21. The van der Waals surface area contributed by atoms with Crippen molar-refractivity contribution in [1.29, 1.82) is 0 Å². The Morgan fingerprint density at radius 2 is 2.00 bits per heavy atom. The van der Waals surface area contributed by atoms with Gasteiger partial charge in [0.05, 0.1) is 18.8 Å². The van der Waals surface area contributed by atoms with Crippen LogP contribution in [0.2, 0.25) is 5.15 Å². The zero-order valence-corrected chi connectivity index (χ0v) is 16.5. The van der Waals surface area contributed by atoms with Gasteiger partial charge in [-0.1, -0.05) is 41.9 Å². The number of aryl methyl sites for hydroxylation is 1. The Kier molecular flexibility index (Phi) is 5.64. The standard InChI is InChI=1S/C22H23ClFN3O/c1-15-20(22(23)27(26-15)13-16-6-8-19(24)9-7-16)12-25-11-17-10-18-4-2-3-5-21(18)28-14-17/h2-9,17,25H,10-14H2,1H3. The molecule has 0 bridgehead atoms. The molecule has 0 fully saturated rings. The molecule has 1 unspecified atom stereocenters. The first-order valence-electron chi connectivity index (χ1n) is 9.48. The van der Waals surface area contributed by atoms with Crippen LogP contribution >= 0.6 is 11.6 Å². The fourth-order valence-corrected chi connectivity index (χ4v) is 3.88. The van der Waals surface area contributed by atoms with Gasteiger partial charge in [-0.05, 0) is 42.7 Å². The zero-order chi connectivity index (χ0) is 19.5. The average molecular weight is 400 g/mol. The van der Waals surface area contributed by atoms with Crippen LogP contribution in [0, 0.1) is 18.7 Å². The molecule has 4 nitrogen and oxygen atoms in total. The van der Waals surface area contributed by atoms with E-state index < -0.39 is 0 Å². The molecule has 1 aliphatic heterocycles. The molecule has 2 aromatic carbocycles. The van der Waals surface area contributed by atoms with Gasteiger partial charge in [-0.25, -0.2) is 9.07 Å². The van der Waals surface area contributed by atoms with E-state index in [1.54, 1.807) is 16.8 Å². The Morgan fingerprint density at radius 3 is 2.82 bits per heavy atom. The predicted molar refractivity (Wildman–Crippen MR) is 108 cm³/mol. The maximum atomic E-state index is 13.1. The largest absolute Gasteiger partial charge is 0.493 e. The number of ether oxygens (including phenoxy) is 1. The predicted octanol–water partition coefficient (Wildman–Crippen LogP) is 4.37. The fourth-order valence-electron chi connectivity index (χ4n) is 3.58. The molecule has 2 heterocycles. The molecule has 1 N–H and O–H groups in total. The topological polar surface area (TPSA) is 39.1 Å². The minimum atomic E-state index is -0.245. The van der Waals surface area contributed by atoms with Crippen LogP contribution in [0.5, 0.6) is 5.75 Å². The van der Waals surface area contributed by atoms with E-state index in [2.05, 4.69) is 22.5 Å². The van der Waals surface area contributed by atoms with Crippen LogP contribution in [0.25, 0.3) is 0 Å².